The molecule has 2 nitrogen and oxygen atoms in total. The van der Waals surface area contributed by atoms with E-state index in [1.54, 1.807) is 7.11 Å². The highest BCUT2D eigenvalue weighted by Crippen LogP contribution is 2.36. The third-order valence-corrected chi connectivity index (χ3v) is 4.62. The average Bonchev–Trinajstić information content (AvgIpc) is 2.47. The van der Waals surface area contributed by atoms with Gasteiger partial charge in [0.1, 0.15) is 5.75 Å². The first-order valence-electron chi connectivity index (χ1n) is 8.12. The monoisotopic (exact) mass is 311 g/mol. The number of aryl methyl sites for hydroxylation is 1. The minimum Gasteiger partial charge on any atom is -0.497 e. The summed E-state index contributed by atoms with van der Waals surface area (Å²) in [4.78, 5) is 2.71. The van der Waals surface area contributed by atoms with Crippen LogP contribution in [0.15, 0.2) is 18.2 Å². The van der Waals surface area contributed by atoms with Gasteiger partial charge in [-0.25, -0.2) is 0 Å². The smallest absolute Gasteiger partial charge is 0.119 e. The summed E-state index contributed by atoms with van der Waals surface area (Å²) in [6.45, 7) is 9.43. The normalized spacial score (nSPS) is 20.8. The minimum absolute atomic E-state index is 0. The molecule has 0 saturated carbocycles. The standard InChI is InChI=1S/C18H29NO.ClH/c1-5-11-19(12-6-2)18-10-7-15-13-16(20-4)8-9-17(15)14(18)3;/h8-9,13-14,18H,5-7,10-12H2,1-4H3;1H. The molecular weight excluding hydrogens is 282 g/mol. The zero-order chi connectivity index (χ0) is 14.5. The molecule has 2 unspecified atom stereocenters. The van der Waals surface area contributed by atoms with E-state index in [0.29, 0.717) is 12.0 Å². The van der Waals surface area contributed by atoms with Gasteiger partial charge in [0.05, 0.1) is 7.11 Å². The number of methoxy groups -OCH3 is 1. The molecule has 0 saturated heterocycles. The number of ether oxygens (including phenoxy) is 1. The first kappa shape index (κ1) is 18.3. The molecule has 0 fully saturated rings. The number of fused-ring (bicyclic) bond motifs is 1. The topological polar surface area (TPSA) is 12.5 Å². The lowest BCUT2D eigenvalue weighted by atomic mass is 9.79. The van der Waals surface area contributed by atoms with Crippen LogP contribution in [0.5, 0.6) is 5.75 Å². The van der Waals surface area contributed by atoms with Gasteiger partial charge in [-0.15, -0.1) is 12.4 Å². The van der Waals surface area contributed by atoms with E-state index in [0.717, 1.165) is 5.75 Å². The molecule has 0 spiro atoms. The average molecular weight is 312 g/mol. The summed E-state index contributed by atoms with van der Waals surface area (Å²) in [5.74, 6) is 1.62. The quantitative estimate of drug-likeness (QED) is 0.757. The summed E-state index contributed by atoms with van der Waals surface area (Å²) in [6.07, 6.45) is 4.96. The van der Waals surface area contributed by atoms with Gasteiger partial charge < -0.3 is 4.74 Å². The van der Waals surface area contributed by atoms with Crippen LogP contribution in [-0.4, -0.2) is 31.1 Å². The van der Waals surface area contributed by atoms with Gasteiger partial charge in [0.25, 0.3) is 0 Å². The number of rotatable bonds is 6. The molecule has 1 aliphatic rings. The van der Waals surface area contributed by atoms with E-state index in [-0.39, 0.29) is 12.4 Å². The van der Waals surface area contributed by atoms with Crippen LogP contribution >= 0.6 is 12.4 Å². The van der Waals surface area contributed by atoms with Gasteiger partial charge in [-0.05, 0) is 68.0 Å². The second kappa shape index (κ2) is 8.65. The van der Waals surface area contributed by atoms with Crippen LogP contribution in [0.3, 0.4) is 0 Å². The number of hydrogen-bond donors (Lipinski definition) is 0. The van der Waals surface area contributed by atoms with E-state index in [1.165, 1.54) is 49.9 Å². The molecule has 2 rings (SSSR count). The molecule has 21 heavy (non-hydrogen) atoms. The van der Waals surface area contributed by atoms with Crippen molar-refractivity contribution in [2.75, 3.05) is 20.2 Å². The van der Waals surface area contributed by atoms with Gasteiger partial charge in [0.2, 0.25) is 0 Å². The molecule has 0 aromatic heterocycles. The molecule has 1 aromatic carbocycles. The van der Waals surface area contributed by atoms with Crippen LogP contribution in [0.1, 0.15) is 57.1 Å². The molecule has 120 valence electrons. The van der Waals surface area contributed by atoms with Gasteiger partial charge in [-0.1, -0.05) is 26.8 Å². The van der Waals surface area contributed by atoms with Gasteiger partial charge >= 0.3 is 0 Å². The Morgan fingerprint density at radius 3 is 2.43 bits per heavy atom. The third kappa shape index (κ3) is 4.14. The lowest BCUT2D eigenvalue weighted by molar-refractivity contribution is 0.159. The third-order valence-electron chi connectivity index (χ3n) is 4.62. The fraction of sp³-hybridized carbons (Fsp3) is 0.667. The summed E-state index contributed by atoms with van der Waals surface area (Å²) in [6, 6.07) is 7.32. The fourth-order valence-electron chi connectivity index (χ4n) is 3.65. The highest BCUT2D eigenvalue weighted by Gasteiger charge is 2.30. The van der Waals surface area contributed by atoms with Crippen molar-refractivity contribution in [3.63, 3.8) is 0 Å². The number of nitrogens with zero attached hydrogens (tertiary/aromatic N) is 1. The van der Waals surface area contributed by atoms with Crippen LogP contribution in [0.2, 0.25) is 0 Å². The minimum atomic E-state index is 0. The first-order chi connectivity index (χ1) is 9.71. The second-order valence-electron chi connectivity index (χ2n) is 6.00. The number of halogens is 1. The zero-order valence-corrected chi connectivity index (χ0v) is 14.7. The van der Waals surface area contributed by atoms with E-state index >= 15 is 0 Å². The summed E-state index contributed by atoms with van der Waals surface area (Å²) in [7, 11) is 1.75. The summed E-state index contributed by atoms with van der Waals surface area (Å²) in [5, 5.41) is 0. The second-order valence-corrected chi connectivity index (χ2v) is 6.00. The Hall–Kier alpha value is -0.730. The summed E-state index contributed by atoms with van der Waals surface area (Å²) >= 11 is 0. The molecule has 0 bridgehead atoms. The summed E-state index contributed by atoms with van der Waals surface area (Å²) < 4.78 is 5.36. The Bertz CT molecular complexity index is 429. The van der Waals surface area contributed by atoms with Gasteiger partial charge in [0, 0.05) is 6.04 Å². The van der Waals surface area contributed by atoms with Crippen LogP contribution in [0.4, 0.5) is 0 Å². The Kier molecular flexibility index (Phi) is 7.55. The van der Waals surface area contributed by atoms with Crippen LogP contribution in [0, 0.1) is 0 Å². The molecule has 1 aliphatic carbocycles. The van der Waals surface area contributed by atoms with Crippen molar-refractivity contribution >= 4 is 12.4 Å². The molecule has 0 amide bonds. The maximum atomic E-state index is 5.36. The lowest BCUT2D eigenvalue weighted by Gasteiger charge is -2.39. The van der Waals surface area contributed by atoms with E-state index < -0.39 is 0 Å². The highest BCUT2D eigenvalue weighted by molar-refractivity contribution is 5.85. The van der Waals surface area contributed by atoms with E-state index in [4.69, 9.17) is 4.74 Å². The van der Waals surface area contributed by atoms with Crippen molar-refractivity contribution in [3.8, 4) is 5.75 Å². The highest BCUT2D eigenvalue weighted by atomic mass is 35.5. The van der Waals surface area contributed by atoms with Crippen molar-refractivity contribution in [2.45, 2.75) is 58.4 Å². The van der Waals surface area contributed by atoms with Crippen LogP contribution < -0.4 is 4.74 Å². The van der Waals surface area contributed by atoms with E-state index in [9.17, 15) is 0 Å². The van der Waals surface area contributed by atoms with Crippen molar-refractivity contribution in [1.29, 1.82) is 0 Å². The largest absolute Gasteiger partial charge is 0.497 e. The predicted molar refractivity (Wildman–Crippen MR) is 92.9 cm³/mol. The van der Waals surface area contributed by atoms with Crippen molar-refractivity contribution in [3.05, 3.63) is 29.3 Å². The number of hydrogen-bond acceptors (Lipinski definition) is 2. The van der Waals surface area contributed by atoms with E-state index in [1.807, 2.05) is 0 Å². The van der Waals surface area contributed by atoms with Crippen molar-refractivity contribution in [2.24, 2.45) is 0 Å². The fourth-order valence-corrected chi connectivity index (χ4v) is 3.65. The van der Waals surface area contributed by atoms with E-state index in [2.05, 4.69) is 43.9 Å². The Labute approximate surface area is 136 Å². The molecule has 1 aromatic rings. The molecule has 0 heterocycles. The molecule has 3 heteroatoms. The van der Waals surface area contributed by atoms with Crippen molar-refractivity contribution in [1.82, 2.24) is 4.90 Å². The summed E-state index contributed by atoms with van der Waals surface area (Å²) in [5.41, 5.74) is 3.01. The molecule has 2 atom stereocenters. The van der Waals surface area contributed by atoms with Gasteiger partial charge in [0.15, 0.2) is 0 Å². The maximum absolute atomic E-state index is 5.36. The van der Waals surface area contributed by atoms with Crippen LogP contribution in [0.25, 0.3) is 0 Å². The predicted octanol–water partition coefficient (Wildman–Crippen LogP) is 4.66. The zero-order valence-electron chi connectivity index (χ0n) is 13.9. The lowest BCUT2D eigenvalue weighted by Crippen LogP contribution is -2.42. The Morgan fingerprint density at radius 1 is 1.19 bits per heavy atom. The molecule has 0 aliphatic heterocycles. The van der Waals surface area contributed by atoms with Crippen LogP contribution in [-0.2, 0) is 6.42 Å². The Balaban J connectivity index is 0.00000220. The molecule has 0 N–H and O–H groups in total. The first-order valence-corrected chi connectivity index (χ1v) is 8.12. The van der Waals surface area contributed by atoms with Gasteiger partial charge in [-0.3, -0.25) is 4.90 Å². The SMILES string of the molecule is CCCN(CCC)C1CCc2cc(OC)ccc2C1C.Cl. The van der Waals surface area contributed by atoms with Gasteiger partial charge in [-0.2, -0.15) is 0 Å². The number of benzene rings is 1. The maximum Gasteiger partial charge on any atom is 0.119 e. The Morgan fingerprint density at radius 2 is 1.86 bits per heavy atom. The molecule has 0 radical (unpaired) electrons. The molecular formula is C18H30ClNO. The van der Waals surface area contributed by atoms with Crippen molar-refractivity contribution < 1.29 is 4.74 Å².